The van der Waals surface area contributed by atoms with Gasteiger partial charge in [-0.1, -0.05) is 48.9 Å². The van der Waals surface area contributed by atoms with Crippen molar-refractivity contribution in [1.29, 1.82) is 0 Å². The molecule has 0 heterocycles. The second kappa shape index (κ2) is 7.48. The first-order chi connectivity index (χ1) is 10.2. The van der Waals surface area contributed by atoms with Crippen LogP contribution in [0.3, 0.4) is 0 Å². The van der Waals surface area contributed by atoms with Crippen LogP contribution in [0.1, 0.15) is 36.1 Å². The lowest BCUT2D eigenvalue weighted by Crippen LogP contribution is -2.24. The Labute approximate surface area is 132 Å². The molecule has 0 saturated carbocycles. The van der Waals surface area contributed by atoms with Gasteiger partial charge in [0.1, 0.15) is 5.75 Å². The molecule has 3 heteroatoms. The molecular weight excluding hydrogens is 282 g/mol. The number of rotatable bonds is 6. The minimum Gasteiger partial charge on any atom is -0.496 e. The van der Waals surface area contributed by atoms with E-state index in [1.807, 2.05) is 31.2 Å². The maximum absolute atomic E-state index is 6.47. The van der Waals surface area contributed by atoms with Crippen LogP contribution in [0, 0.1) is 6.92 Å². The van der Waals surface area contributed by atoms with E-state index < -0.39 is 0 Å². The van der Waals surface area contributed by atoms with Crippen molar-refractivity contribution in [3.8, 4) is 5.75 Å². The number of benzene rings is 2. The van der Waals surface area contributed by atoms with Crippen molar-refractivity contribution in [2.24, 2.45) is 0 Å². The number of aryl methyl sites for hydroxylation is 1. The summed E-state index contributed by atoms with van der Waals surface area (Å²) in [6.07, 6.45) is 1.06. The van der Waals surface area contributed by atoms with Crippen molar-refractivity contribution in [3.05, 3.63) is 64.2 Å². The molecule has 0 aliphatic heterocycles. The molecule has 2 aromatic carbocycles. The predicted molar refractivity (Wildman–Crippen MR) is 89.3 cm³/mol. The van der Waals surface area contributed by atoms with Crippen LogP contribution in [0.25, 0.3) is 0 Å². The van der Waals surface area contributed by atoms with E-state index in [0.717, 1.165) is 40.4 Å². The minimum absolute atomic E-state index is 0.0363. The number of hydrogen-bond acceptors (Lipinski definition) is 2. The van der Waals surface area contributed by atoms with Gasteiger partial charge in [-0.2, -0.15) is 0 Å². The molecule has 2 nitrogen and oxygen atoms in total. The summed E-state index contributed by atoms with van der Waals surface area (Å²) in [5, 5.41) is 4.36. The third kappa shape index (κ3) is 3.78. The Balaban J connectivity index is 2.47. The van der Waals surface area contributed by atoms with Gasteiger partial charge < -0.3 is 10.1 Å². The van der Waals surface area contributed by atoms with Crippen LogP contribution in [0.15, 0.2) is 42.5 Å². The summed E-state index contributed by atoms with van der Waals surface area (Å²) in [6.45, 7) is 5.13. The van der Waals surface area contributed by atoms with Crippen LogP contribution in [0.5, 0.6) is 5.75 Å². The van der Waals surface area contributed by atoms with Gasteiger partial charge in [0.05, 0.1) is 13.2 Å². The van der Waals surface area contributed by atoms with E-state index in [1.165, 1.54) is 0 Å². The van der Waals surface area contributed by atoms with E-state index in [-0.39, 0.29) is 6.04 Å². The largest absolute Gasteiger partial charge is 0.496 e. The topological polar surface area (TPSA) is 21.3 Å². The fourth-order valence-electron chi connectivity index (χ4n) is 2.45. The number of ether oxygens (including phenoxy) is 1. The van der Waals surface area contributed by atoms with Crippen molar-refractivity contribution < 1.29 is 4.74 Å². The van der Waals surface area contributed by atoms with Gasteiger partial charge in [0.25, 0.3) is 0 Å². The van der Waals surface area contributed by atoms with Crippen LogP contribution in [-0.2, 0) is 0 Å². The first-order valence-electron chi connectivity index (χ1n) is 7.29. The average molecular weight is 304 g/mol. The number of methoxy groups -OCH3 is 1. The van der Waals surface area contributed by atoms with Gasteiger partial charge in [-0.3, -0.25) is 0 Å². The molecule has 0 fully saturated rings. The summed E-state index contributed by atoms with van der Waals surface area (Å²) in [4.78, 5) is 0. The molecule has 0 aromatic heterocycles. The minimum atomic E-state index is 0.0363. The van der Waals surface area contributed by atoms with Gasteiger partial charge in [0.2, 0.25) is 0 Å². The van der Waals surface area contributed by atoms with Crippen LogP contribution in [0.4, 0.5) is 0 Å². The van der Waals surface area contributed by atoms with Crippen LogP contribution >= 0.6 is 11.6 Å². The molecule has 2 rings (SSSR count). The normalized spacial score (nSPS) is 12.2. The Bertz CT molecular complexity index is 598. The number of halogens is 1. The van der Waals surface area contributed by atoms with Gasteiger partial charge in [-0.05, 0) is 43.1 Å². The van der Waals surface area contributed by atoms with Crippen molar-refractivity contribution in [3.63, 3.8) is 0 Å². The van der Waals surface area contributed by atoms with Gasteiger partial charge in [0, 0.05) is 10.6 Å². The molecule has 112 valence electrons. The third-order valence-corrected chi connectivity index (χ3v) is 3.84. The molecule has 0 radical (unpaired) electrons. The Morgan fingerprint density at radius 2 is 1.90 bits per heavy atom. The second-order valence-corrected chi connectivity index (χ2v) is 5.56. The smallest absolute Gasteiger partial charge is 0.123 e. The lowest BCUT2D eigenvalue weighted by molar-refractivity contribution is 0.404. The molecule has 1 unspecified atom stereocenters. The monoisotopic (exact) mass is 303 g/mol. The Hall–Kier alpha value is -1.51. The molecule has 0 aliphatic carbocycles. The average Bonchev–Trinajstić information content (AvgIpc) is 2.49. The van der Waals surface area contributed by atoms with Crippen molar-refractivity contribution in [1.82, 2.24) is 5.32 Å². The van der Waals surface area contributed by atoms with E-state index in [1.54, 1.807) is 7.11 Å². The van der Waals surface area contributed by atoms with Gasteiger partial charge in [-0.15, -0.1) is 0 Å². The summed E-state index contributed by atoms with van der Waals surface area (Å²) in [7, 11) is 1.70. The fraction of sp³-hybridized carbons (Fsp3) is 0.333. The van der Waals surface area contributed by atoms with Crippen LogP contribution in [-0.4, -0.2) is 13.7 Å². The highest BCUT2D eigenvalue weighted by molar-refractivity contribution is 6.31. The number of para-hydroxylation sites is 1. The van der Waals surface area contributed by atoms with Crippen LogP contribution < -0.4 is 10.1 Å². The lowest BCUT2D eigenvalue weighted by atomic mass is 9.96. The highest BCUT2D eigenvalue weighted by Gasteiger charge is 2.19. The van der Waals surface area contributed by atoms with Crippen molar-refractivity contribution in [2.75, 3.05) is 13.7 Å². The quantitative estimate of drug-likeness (QED) is 0.832. The zero-order chi connectivity index (χ0) is 15.2. The predicted octanol–water partition coefficient (Wildman–Crippen LogP) is 4.75. The molecule has 21 heavy (non-hydrogen) atoms. The summed E-state index contributed by atoms with van der Waals surface area (Å²) >= 11 is 6.47. The Kier molecular flexibility index (Phi) is 5.66. The van der Waals surface area contributed by atoms with Gasteiger partial charge in [0.15, 0.2) is 0 Å². The van der Waals surface area contributed by atoms with E-state index in [4.69, 9.17) is 16.3 Å². The molecule has 1 N–H and O–H groups in total. The lowest BCUT2D eigenvalue weighted by Gasteiger charge is -2.23. The van der Waals surface area contributed by atoms with E-state index >= 15 is 0 Å². The Morgan fingerprint density at radius 3 is 2.57 bits per heavy atom. The summed E-state index contributed by atoms with van der Waals surface area (Å²) in [5.41, 5.74) is 3.36. The summed E-state index contributed by atoms with van der Waals surface area (Å²) in [6, 6.07) is 14.3. The van der Waals surface area contributed by atoms with Gasteiger partial charge >= 0.3 is 0 Å². The molecular formula is C18H22ClNO. The first kappa shape index (κ1) is 15.9. The molecule has 0 spiro atoms. The molecule has 0 saturated heterocycles. The zero-order valence-corrected chi connectivity index (χ0v) is 13.6. The third-order valence-electron chi connectivity index (χ3n) is 3.52. The SMILES string of the molecule is CCCNC(c1ccc(C)cc1Cl)c1ccccc1OC. The first-order valence-corrected chi connectivity index (χ1v) is 7.67. The second-order valence-electron chi connectivity index (χ2n) is 5.15. The Morgan fingerprint density at radius 1 is 1.14 bits per heavy atom. The van der Waals surface area contributed by atoms with Crippen molar-refractivity contribution >= 4 is 11.6 Å². The molecule has 0 bridgehead atoms. The number of hydrogen-bond donors (Lipinski definition) is 1. The summed E-state index contributed by atoms with van der Waals surface area (Å²) < 4.78 is 5.51. The molecule has 2 aromatic rings. The maximum Gasteiger partial charge on any atom is 0.123 e. The molecule has 0 aliphatic rings. The fourth-order valence-corrected chi connectivity index (χ4v) is 2.79. The highest BCUT2D eigenvalue weighted by Crippen LogP contribution is 2.33. The zero-order valence-electron chi connectivity index (χ0n) is 12.8. The number of nitrogens with one attached hydrogen (secondary N) is 1. The van der Waals surface area contributed by atoms with Gasteiger partial charge in [-0.25, -0.2) is 0 Å². The molecule has 0 amide bonds. The van der Waals surface area contributed by atoms with E-state index in [9.17, 15) is 0 Å². The highest BCUT2D eigenvalue weighted by atomic mass is 35.5. The maximum atomic E-state index is 6.47. The van der Waals surface area contributed by atoms with E-state index in [0.29, 0.717) is 0 Å². The van der Waals surface area contributed by atoms with Crippen molar-refractivity contribution in [2.45, 2.75) is 26.3 Å². The summed E-state index contributed by atoms with van der Waals surface area (Å²) in [5.74, 6) is 0.878. The van der Waals surface area contributed by atoms with E-state index in [2.05, 4.69) is 30.4 Å². The standard InChI is InChI=1S/C18H22ClNO/c1-4-11-20-18(14-10-9-13(2)12-16(14)19)15-7-5-6-8-17(15)21-3/h5-10,12,18,20H,4,11H2,1-3H3. The van der Waals surface area contributed by atoms with Crippen LogP contribution in [0.2, 0.25) is 5.02 Å². The molecule has 1 atom stereocenters.